The number of rotatable bonds is 4. The van der Waals surface area contributed by atoms with E-state index in [9.17, 15) is 18.0 Å². The Labute approximate surface area is 172 Å². The van der Waals surface area contributed by atoms with Crippen LogP contribution < -0.4 is 0 Å². The lowest BCUT2D eigenvalue weighted by Crippen LogP contribution is -2.38. The number of amides is 1. The molecule has 1 aliphatic heterocycles. The van der Waals surface area contributed by atoms with E-state index >= 15 is 0 Å². The second kappa shape index (κ2) is 8.08. The molecule has 0 spiro atoms. The quantitative estimate of drug-likeness (QED) is 0.634. The fourth-order valence-corrected chi connectivity index (χ4v) is 4.00. The molecule has 2 aromatic heterocycles. The van der Waals surface area contributed by atoms with Crippen LogP contribution in [0.5, 0.6) is 0 Å². The average molecular weight is 416 g/mol. The molecular formula is C22H23F3N4O. The summed E-state index contributed by atoms with van der Waals surface area (Å²) >= 11 is 0. The lowest BCUT2D eigenvalue weighted by molar-refractivity contribution is -0.142. The van der Waals surface area contributed by atoms with Crippen molar-refractivity contribution in [3.8, 4) is 0 Å². The van der Waals surface area contributed by atoms with E-state index in [2.05, 4.69) is 10.1 Å². The molecular weight excluding hydrogens is 393 g/mol. The van der Waals surface area contributed by atoms with E-state index in [4.69, 9.17) is 0 Å². The second-order valence-corrected chi connectivity index (χ2v) is 7.76. The molecule has 1 amide bonds. The number of fused-ring (bicyclic) bond motifs is 1. The van der Waals surface area contributed by atoms with Gasteiger partial charge in [0, 0.05) is 37.2 Å². The molecule has 1 aromatic carbocycles. The predicted molar refractivity (Wildman–Crippen MR) is 106 cm³/mol. The molecule has 5 nitrogen and oxygen atoms in total. The standard InChI is InChI=1S/C22H23F3N4O/c1-15-13-20-26-18(14-19(22(23,24)25)29(20)27-15)17-9-11-28(12-10-17)21(30)8-7-16-5-3-2-4-6-16/h2-6,13-14,17H,7-12H2,1H3. The molecule has 0 aliphatic carbocycles. The summed E-state index contributed by atoms with van der Waals surface area (Å²) in [5.41, 5.74) is 1.43. The summed E-state index contributed by atoms with van der Waals surface area (Å²) in [5.74, 6) is -0.0208. The van der Waals surface area contributed by atoms with Gasteiger partial charge in [0.25, 0.3) is 0 Å². The van der Waals surface area contributed by atoms with Crippen molar-refractivity contribution in [3.63, 3.8) is 0 Å². The zero-order chi connectivity index (χ0) is 21.3. The van der Waals surface area contributed by atoms with Crippen LogP contribution >= 0.6 is 0 Å². The molecule has 0 unspecified atom stereocenters. The van der Waals surface area contributed by atoms with E-state index in [1.54, 1.807) is 13.0 Å². The van der Waals surface area contributed by atoms with Gasteiger partial charge in [-0.3, -0.25) is 4.79 Å². The van der Waals surface area contributed by atoms with Gasteiger partial charge in [-0.1, -0.05) is 30.3 Å². The molecule has 0 saturated carbocycles. The number of carbonyl (C=O) groups excluding carboxylic acids is 1. The maximum Gasteiger partial charge on any atom is 0.433 e. The Balaban J connectivity index is 1.44. The van der Waals surface area contributed by atoms with Gasteiger partial charge in [-0.2, -0.15) is 18.3 Å². The zero-order valence-electron chi connectivity index (χ0n) is 16.7. The number of benzene rings is 1. The Morgan fingerprint density at radius 3 is 2.50 bits per heavy atom. The third-order valence-corrected chi connectivity index (χ3v) is 5.60. The van der Waals surface area contributed by atoms with Gasteiger partial charge < -0.3 is 4.90 Å². The van der Waals surface area contributed by atoms with E-state index in [-0.39, 0.29) is 17.5 Å². The van der Waals surface area contributed by atoms with Gasteiger partial charge in [-0.25, -0.2) is 9.50 Å². The monoisotopic (exact) mass is 416 g/mol. The molecule has 0 bridgehead atoms. The summed E-state index contributed by atoms with van der Waals surface area (Å²) in [4.78, 5) is 18.8. The Kier molecular flexibility index (Phi) is 5.49. The van der Waals surface area contributed by atoms with E-state index in [0.29, 0.717) is 50.2 Å². The van der Waals surface area contributed by atoms with Gasteiger partial charge in [-0.15, -0.1) is 0 Å². The van der Waals surface area contributed by atoms with Crippen LogP contribution in [0.15, 0.2) is 42.5 Å². The third-order valence-electron chi connectivity index (χ3n) is 5.60. The maximum absolute atomic E-state index is 13.5. The number of piperidine rings is 1. The maximum atomic E-state index is 13.5. The SMILES string of the molecule is Cc1cc2nc(C3CCN(C(=O)CCc4ccccc4)CC3)cc(C(F)(F)F)n2n1. The molecule has 0 N–H and O–H groups in total. The summed E-state index contributed by atoms with van der Waals surface area (Å²) in [6.07, 6.45) is -2.18. The molecule has 0 radical (unpaired) electrons. The molecule has 1 aliphatic rings. The molecule has 3 heterocycles. The molecule has 0 atom stereocenters. The van der Waals surface area contributed by atoms with Crippen molar-refractivity contribution in [3.05, 3.63) is 65.1 Å². The number of hydrogen-bond donors (Lipinski definition) is 0. The number of aromatic nitrogens is 3. The fraction of sp³-hybridized carbons (Fsp3) is 0.409. The highest BCUT2D eigenvalue weighted by Crippen LogP contribution is 2.34. The van der Waals surface area contributed by atoms with Gasteiger partial charge in [-0.05, 0) is 37.8 Å². The van der Waals surface area contributed by atoms with Crippen molar-refractivity contribution in [1.82, 2.24) is 19.5 Å². The van der Waals surface area contributed by atoms with Crippen molar-refractivity contribution in [2.75, 3.05) is 13.1 Å². The van der Waals surface area contributed by atoms with E-state index in [1.807, 2.05) is 35.2 Å². The molecule has 4 rings (SSSR count). The summed E-state index contributed by atoms with van der Waals surface area (Å²) in [7, 11) is 0. The topological polar surface area (TPSA) is 50.5 Å². The number of nitrogens with zero attached hydrogens (tertiary/aromatic N) is 4. The van der Waals surface area contributed by atoms with E-state index < -0.39 is 11.9 Å². The van der Waals surface area contributed by atoms with Gasteiger partial charge in [0.05, 0.1) is 5.69 Å². The summed E-state index contributed by atoms with van der Waals surface area (Å²) in [6, 6.07) is 12.5. The number of likely N-dealkylation sites (tertiary alicyclic amines) is 1. The molecule has 158 valence electrons. The first-order valence-electron chi connectivity index (χ1n) is 10.1. The number of hydrogen-bond acceptors (Lipinski definition) is 3. The third kappa shape index (κ3) is 4.32. The Bertz CT molecular complexity index is 1040. The van der Waals surface area contributed by atoms with E-state index in [1.165, 1.54) is 0 Å². The van der Waals surface area contributed by atoms with Crippen LogP contribution in [-0.2, 0) is 17.4 Å². The summed E-state index contributed by atoms with van der Waals surface area (Å²) < 4.78 is 41.4. The largest absolute Gasteiger partial charge is 0.433 e. The Morgan fingerprint density at radius 1 is 1.13 bits per heavy atom. The van der Waals surface area contributed by atoms with Crippen LogP contribution in [0.3, 0.4) is 0 Å². The van der Waals surface area contributed by atoms with Crippen LogP contribution in [-0.4, -0.2) is 38.5 Å². The van der Waals surface area contributed by atoms with Gasteiger partial charge in [0.2, 0.25) is 5.91 Å². The number of halogens is 3. The summed E-state index contributed by atoms with van der Waals surface area (Å²) in [5, 5.41) is 3.93. The minimum Gasteiger partial charge on any atom is -0.343 e. The average Bonchev–Trinajstić information content (AvgIpc) is 3.11. The highest BCUT2D eigenvalue weighted by Gasteiger charge is 2.36. The molecule has 1 fully saturated rings. The molecule has 8 heteroatoms. The first kappa shape index (κ1) is 20.4. The predicted octanol–water partition coefficient (Wildman–Crippen LogP) is 4.40. The van der Waals surface area contributed by atoms with Crippen LogP contribution in [0.4, 0.5) is 13.2 Å². The van der Waals surface area contributed by atoms with Crippen molar-refractivity contribution < 1.29 is 18.0 Å². The molecule has 1 saturated heterocycles. The van der Waals surface area contributed by atoms with Crippen LogP contribution in [0.25, 0.3) is 5.65 Å². The minimum atomic E-state index is -4.51. The van der Waals surface area contributed by atoms with E-state index in [0.717, 1.165) is 16.1 Å². The number of carbonyl (C=O) groups is 1. The smallest absolute Gasteiger partial charge is 0.343 e. The van der Waals surface area contributed by atoms with Crippen molar-refractivity contribution in [1.29, 1.82) is 0 Å². The minimum absolute atomic E-state index is 0.0862. The first-order chi connectivity index (χ1) is 14.3. The first-order valence-corrected chi connectivity index (χ1v) is 10.1. The van der Waals surface area contributed by atoms with Crippen molar-refractivity contribution in [2.24, 2.45) is 0 Å². The fourth-order valence-electron chi connectivity index (χ4n) is 4.00. The summed E-state index contributed by atoms with van der Waals surface area (Å²) in [6.45, 7) is 2.71. The lowest BCUT2D eigenvalue weighted by Gasteiger charge is -2.32. The van der Waals surface area contributed by atoms with Crippen LogP contribution in [0, 0.1) is 6.92 Å². The highest BCUT2D eigenvalue weighted by atomic mass is 19.4. The molecule has 3 aromatic rings. The van der Waals surface area contributed by atoms with Gasteiger partial charge in [0.15, 0.2) is 5.65 Å². The molecule has 30 heavy (non-hydrogen) atoms. The zero-order valence-corrected chi connectivity index (χ0v) is 16.7. The van der Waals surface area contributed by atoms with Crippen molar-refractivity contribution >= 4 is 11.6 Å². The highest BCUT2D eigenvalue weighted by molar-refractivity contribution is 5.76. The number of aryl methyl sites for hydroxylation is 2. The van der Waals surface area contributed by atoms with Gasteiger partial charge in [0.1, 0.15) is 5.69 Å². The van der Waals surface area contributed by atoms with Crippen LogP contribution in [0.2, 0.25) is 0 Å². The van der Waals surface area contributed by atoms with Gasteiger partial charge >= 0.3 is 6.18 Å². The van der Waals surface area contributed by atoms with Crippen LogP contribution in [0.1, 0.15) is 47.8 Å². The second-order valence-electron chi connectivity index (χ2n) is 7.76. The number of alkyl halides is 3. The Morgan fingerprint density at radius 2 is 1.83 bits per heavy atom. The Hall–Kier alpha value is -2.90. The van der Waals surface area contributed by atoms with Crippen molar-refractivity contribution in [2.45, 2.75) is 44.7 Å². The lowest BCUT2D eigenvalue weighted by atomic mass is 9.92. The normalized spacial score (nSPS) is 15.7.